The van der Waals surface area contributed by atoms with Gasteiger partial charge in [-0.25, -0.2) is 0 Å². The number of carbonyl (C=O) groups is 1. The minimum atomic E-state index is -0.128. The topological polar surface area (TPSA) is 42.0 Å². The first kappa shape index (κ1) is 11.8. The number of rotatable bonds is 2. The number of pyridine rings is 1. The first-order valence-corrected chi connectivity index (χ1v) is 5.93. The summed E-state index contributed by atoms with van der Waals surface area (Å²) in [5.74, 6) is -0.128. The zero-order chi connectivity index (χ0) is 12.3. The number of carbonyl (C=O) groups excluding carboxylic acids is 1. The number of halogens is 1. The van der Waals surface area contributed by atoms with Crippen LogP contribution in [0.4, 0.5) is 5.69 Å². The number of benzene rings is 1. The van der Waals surface area contributed by atoms with Crippen LogP contribution in [0.3, 0.4) is 0 Å². The average Bonchev–Trinajstić information content (AvgIpc) is 2.33. The van der Waals surface area contributed by atoms with E-state index >= 15 is 0 Å². The van der Waals surface area contributed by atoms with Gasteiger partial charge in [0.2, 0.25) is 0 Å². The molecule has 0 aliphatic carbocycles. The van der Waals surface area contributed by atoms with Crippen molar-refractivity contribution in [2.24, 2.45) is 0 Å². The number of amides is 1. The van der Waals surface area contributed by atoms with Gasteiger partial charge >= 0.3 is 0 Å². The lowest BCUT2D eigenvalue weighted by atomic mass is 10.1. The summed E-state index contributed by atoms with van der Waals surface area (Å²) in [4.78, 5) is 16.0. The Morgan fingerprint density at radius 3 is 2.88 bits per heavy atom. The highest BCUT2D eigenvalue weighted by atomic mass is 79.9. The predicted octanol–water partition coefficient (Wildman–Crippen LogP) is 3.40. The molecule has 0 saturated carbocycles. The van der Waals surface area contributed by atoms with Crippen LogP contribution < -0.4 is 5.32 Å². The molecule has 1 aromatic carbocycles. The van der Waals surface area contributed by atoms with E-state index in [9.17, 15) is 4.79 Å². The quantitative estimate of drug-likeness (QED) is 0.921. The molecule has 0 fully saturated rings. The standard InChI is InChI=1S/C13H11BrN2O/c1-9-4-5-10(14)7-12(9)13(17)16-11-3-2-6-15-8-11/h2-8H,1H3,(H,16,17). The molecule has 1 amide bonds. The van der Waals surface area contributed by atoms with Gasteiger partial charge in [0.15, 0.2) is 0 Å². The van der Waals surface area contributed by atoms with E-state index in [0.29, 0.717) is 11.3 Å². The summed E-state index contributed by atoms with van der Waals surface area (Å²) in [5.41, 5.74) is 2.29. The molecule has 0 atom stereocenters. The van der Waals surface area contributed by atoms with Crippen LogP contribution in [0.15, 0.2) is 47.2 Å². The fourth-order valence-electron chi connectivity index (χ4n) is 1.47. The Labute approximate surface area is 108 Å². The third-order valence-corrected chi connectivity index (χ3v) is 2.86. The number of aryl methyl sites for hydroxylation is 1. The Bertz CT molecular complexity index is 540. The molecular formula is C13H11BrN2O. The van der Waals surface area contributed by atoms with Gasteiger partial charge in [-0.2, -0.15) is 0 Å². The van der Waals surface area contributed by atoms with Gasteiger partial charge in [0.25, 0.3) is 5.91 Å². The molecule has 0 unspecified atom stereocenters. The van der Waals surface area contributed by atoms with E-state index in [2.05, 4.69) is 26.2 Å². The second-order valence-corrected chi connectivity index (χ2v) is 4.57. The molecule has 86 valence electrons. The van der Waals surface area contributed by atoms with Gasteiger partial charge in [0.05, 0.1) is 11.9 Å². The summed E-state index contributed by atoms with van der Waals surface area (Å²) in [7, 11) is 0. The van der Waals surface area contributed by atoms with Crippen molar-refractivity contribution in [3.05, 3.63) is 58.3 Å². The van der Waals surface area contributed by atoms with Crippen molar-refractivity contribution in [2.75, 3.05) is 5.32 Å². The number of nitrogens with one attached hydrogen (secondary N) is 1. The van der Waals surface area contributed by atoms with Crippen LogP contribution in [-0.4, -0.2) is 10.9 Å². The molecule has 2 aromatic rings. The highest BCUT2D eigenvalue weighted by Gasteiger charge is 2.09. The van der Waals surface area contributed by atoms with Gasteiger partial charge in [-0.3, -0.25) is 9.78 Å². The highest BCUT2D eigenvalue weighted by Crippen LogP contribution is 2.17. The van der Waals surface area contributed by atoms with Gasteiger partial charge in [0, 0.05) is 16.2 Å². The fourth-order valence-corrected chi connectivity index (χ4v) is 1.84. The molecule has 0 aliphatic heterocycles. The zero-order valence-electron chi connectivity index (χ0n) is 9.27. The molecule has 0 aliphatic rings. The van der Waals surface area contributed by atoms with Crippen LogP contribution in [0.1, 0.15) is 15.9 Å². The molecule has 0 radical (unpaired) electrons. The van der Waals surface area contributed by atoms with E-state index in [-0.39, 0.29) is 5.91 Å². The SMILES string of the molecule is Cc1ccc(Br)cc1C(=O)Nc1cccnc1. The number of anilines is 1. The van der Waals surface area contributed by atoms with E-state index in [1.165, 1.54) is 0 Å². The number of nitrogens with zero attached hydrogens (tertiary/aromatic N) is 1. The lowest BCUT2D eigenvalue weighted by Crippen LogP contribution is -2.13. The number of hydrogen-bond donors (Lipinski definition) is 1. The maximum atomic E-state index is 12.0. The molecule has 2 rings (SSSR count). The van der Waals surface area contributed by atoms with Gasteiger partial charge in [-0.1, -0.05) is 22.0 Å². The van der Waals surface area contributed by atoms with Crippen molar-refractivity contribution in [1.82, 2.24) is 4.98 Å². The normalized spacial score (nSPS) is 10.0. The Hall–Kier alpha value is -1.68. The van der Waals surface area contributed by atoms with E-state index in [1.54, 1.807) is 30.6 Å². The third kappa shape index (κ3) is 2.91. The molecule has 4 heteroatoms. The average molecular weight is 291 g/mol. The summed E-state index contributed by atoms with van der Waals surface area (Å²) >= 11 is 3.36. The van der Waals surface area contributed by atoms with Crippen LogP contribution >= 0.6 is 15.9 Å². The van der Waals surface area contributed by atoms with E-state index in [0.717, 1.165) is 10.0 Å². The molecule has 17 heavy (non-hydrogen) atoms. The molecule has 0 saturated heterocycles. The van der Waals surface area contributed by atoms with Crippen molar-refractivity contribution in [1.29, 1.82) is 0 Å². The lowest BCUT2D eigenvalue weighted by Gasteiger charge is -2.07. The second-order valence-electron chi connectivity index (χ2n) is 3.66. The molecule has 3 nitrogen and oxygen atoms in total. The van der Waals surface area contributed by atoms with Gasteiger partial charge in [-0.05, 0) is 36.8 Å². The first-order valence-electron chi connectivity index (χ1n) is 5.14. The van der Waals surface area contributed by atoms with Crippen molar-refractivity contribution in [3.63, 3.8) is 0 Å². The number of hydrogen-bond acceptors (Lipinski definition) is 2. The summed E-state index contributed by atoms with van der Waals surface area (Å²) < 4.78 is 0.888. The van der Waals surface area contributed by atoms with Crippen LogP contribution in [0.5, 0.6) is 0 Å². The molecule has 0 bridgehead atoms. The molecular weight excluding hydrogens is 280 g/mol. The predicted molar refractivity (Wildman–Crippen MR) is 71.1 cm³/mol. The van der Waals surface area contributed by atoms with E-state index < -0.39 is 0 Å². The Morgan fingerprint density at radius 2 is 2.18 bits per heavy atom. The van der Waals surface area contributed by atoms with Crippen molar-refractivity contribution in [2.45, 2.75) is 6.92 Å². The smallest absolute Gasteiger partial charge is 0.256 e. The van der Waals surface area contributed by atoms with E-state index in [1.807, 2.05) is 19.1 Å². The van der Waals surface area contributed by atoms with Crippen molar-refractivity contribution in [3.8, 4) is 0 Å². The summed E-state index contributed by atoms with van der Waals surface area (Å²) in [6.07, 6.45) is 3.28. The zero-order valence-corrected chi connectivity index (χ0v) is 10.9. The van der Waals surface area contributed by atoms with Crippen LogP contribution in [0, 0.1) is 6.92 Å². The Kier molecular flexibility index (Phi) is 3.54. The number of aromatic nitrogens is 1. The van der Waals surface area contributed by atoms with Gasteiger partial charge in [-0.15, -0.1) is 0 Å². The Morgan fingerprint density at radius 1 is 1.35 bits per heavy atom. The Balaban J connectivity index is 2.23. The molecule has 0 spiro atoms. The summed E-state index contributed by atoms with van der Waals surface area (Å²) in [6, 6.07) is 9.21. The second kappa shape index (κ2) is 5.10. The van der Waals surface area contributed by atoms with Crippen LogP contribution in [0.2, 0.25) is 0 Å². The minimum absolute atomic E-state index is 0.128. The van der Waals surface area contributed by atoms with Crippen LogP contribution in [-0.2, 0) is 0 Å². The summed E-state index contributed by atoms with van der Waals surface area (Å²) in [6.45, 7) is 1.91. The van der Waals surface area contributed by atoms with Crippen molar-refractivity contribution >= 4 is 27.5 Å². The van der Waals surface area contributed by atoms with Crippen molar-refractivity contribution < 1.29 is 4.79 Å². The van der Waals surface area contributed by atoms with Gasteiger partial charge < -0.3 is 5.32 Å². The maximum Gasteiger partial charge on any atom is 0.256 e. The lowest BCUT2D eigenvalue weighted by molar-refractivity contribution is 0.102. The maximum absolute atomic E-state index is 12.0. The monoisotopic (exact) mass is 290 g/mol. The molecule has 1 aromatic heterocycles. The largest absolute Gasteiger partial charge is 0.321 e. The van der Waals surface area contributed by atoms with Gasteiger partial charge in [0.1, 0.15) is 0 Å². The third-order valence-electron chi connectivity index (χ3n) is 2.36. The molecule has 1 N–H and O–H groups in total. The van der Waals surface area contributed by atoms with Crippen LogP contribution in [0.25, 0.3) is 0 Å². The molecule has 1 heterocycles. The summed E-state index contributed by atoms with van der Waals surface area (Å²) in [5, 5.41) is 2.80. The minimum Gasteiger partial charge on any atom is -0.321 e. The highest BCUT2D eigenvalue weighted by molar-refractivity contribution is 9.10. The fraction of sp³-hybridized carbons (Fsp3) is 0.0769. The first-order chi connectivity index (χ1) is 8.16. The van der Waals surface area contributed by atoms with E-state index in [4.69, 9.17) is 0 Å².